The first-order valence-electron chi connectivity index (χ1n) is 10.3. The molecule has 0 saturated heterocycles. The van der Waals surface area contributed by atoms with Gasteiger partial charge in [-0.15, -0.1) is 0 Å². The summed E-state index contributed by atoms with van der Waals surface area (Å²) in [5, 5.41) is 6.11. The van der Waals surface area contributed by atoms with Crippen molar-refractivity contribution in [1.29, 1.82) is 0 Å². The number of amides is 2. The van der Waals surface area contributed by atoms with Crippen LogP contribution in [0.25, 0.3) is 22.8 Å². The van der Waals surface area contributed by atoms with E-state index in [0.717, 1.165) is 25.7 Å². The first-order valence-corrected chi connectivity index (χ1v) is 10.3. The number of benzene rings is 2. The van der Waals surface area contributed by atoms with E-state index in [1.54, 1.807) is 30.3 Å². The molecule has 7 nitrogen and oxygen atoms in total. The third-order valence-electron chi connectivity index (χ3n) is 5.30. The molecule has 0 bridgehead atoms. The Labute approximate surface area is 178 Å². The minimum atomic E-state index is -0.762. The summed E-state index contributed by atoms with van der Waals surface area (Å²) in [5.41, 5.74) is 0.926. The predicted octanol–water partition coefficient (Wildman–Crippen LogP) is 4.99. The van der Waals surface area contributed by atoms with Crippen LogP contribution in [0.2, 0.25) is 0 Å². The summed E-state index contributed by atoms with van der Waals surface area (Å²) in [4.78, 5) is 28.6. The fourth-order valence-corrected chi connectivity index (χ4v) is 3.63. The summed E-state index contributed by atoms with van der Waals surface area (Å²) in [6.07, 6.45) is 4.85. The number of halogens is 1. The molecular formula is C23H22FN3O4. The van der Waals surface area contributed by atoms with Crippen LogP contribution in [0, 0.1) is 11.7 Å². The summed E-state index contributed by atoms with van der Waals surface area (Å²) in [5.74, 6) is -0.465. The third-order valence-corrected chi connectivity index (χ3v) is 5.30. The maximum absolute atomic E-state index is 13.9. The van der Waals surface area contributed by atoms with E-state index in [0.29, 0.717) is 18.1 Å². The largest absolute Gasteiger partial charge is 0.449 e. The van der Waals surface area contributed by atoms with E-state index in [2.05, 4.69) is 15.5 Å². The lowest BCUT2D eigenvalue weighted by Gasteiger charge is -2.20. The zero-order valence-electron chi connectivity index (χ0n) is 16.8. The molecule has 1 N–H and O–H groups in total. The number of rotatable bonds is 5. The average molecular weight is 423 g/mol. The normalized spacial score (nSPS) is 14.2. The molecule has 3 aromatic rings. The number of hydrogen-bond donors (Lipinski definition) is 1. The van der Waals surface area contributed by atoms with Gasteiger partial charge in [0.25, 0.3) is 11.8 Å². The van der Waals surface area contributed by atoms with E-state index in [4.69, 9.17) is 9.26 Å². The number of nitrogens with one attached hydrogen (secondary N) is 1. The van der Waals surface area contributed by atoms with Crippen LogP contribution in [0.4, 0.5) is 9.18 Å². The number of alkyl carbamates (subject to hydrolysis) is 1. The van der Waals surface area contributed by atoms with E-state index >= 15 is 0 Å². The van der Waals surface area contributed by atoms with Crippen LogP contribution in [0.5, 0.6) is 0 Å². The maximum atomic E-state index is 13.9. The Hall–Kier alpha value is -3.55. The number of hydrogen-bond acceptors (Lipinski definition) is 6. The monoisotopic (exact) mass is 423 g/mol. The number of imide groups is 1. The number of carbonyl (C=O) groups is 2. The minimum absolute atomic E-state index is 0.0363. The Kier molecular flexibility index (Phi) is 6.35. The highest BCUT2D eigenvalue weighted by atomic mass is 19.1. The molecule has 1 fully saturated rings. The van der Waals surface area contributed by atoms with Gasteiger partial charge in [0.15, 0.2) is 0 Å². The van der Waals surface area contributed by atoms with E-state index in [-0.39, 0.29) is 22.8 Å². The summed E-state index contributed by atoms with van der Waals surface area (Å²) in [6, 6.07) is 12.5. The van der Waals surface area contributed by atoms with Crippen molar-refractivity contribution >= 4 is 12.0 Å². The van der Waals surface area contributed by atoms with Crippen LogP contribution in [-0.2, 0) is 4.74 Å². The van der Waals surface area contributed by atoms with Crippen LogP contribution in [0.15, 0.2) is 53.1 Å². The molecule has 2 aromatic carbocycles. The summed E-state index contributed by atoms with van der Waals surface area (Å²) < 4.78 is 24.3. The molecule has 2 amide bonds. The standard InChI is InChI=1S/C23H22FN3O4/c24-19-12-5-4-11-18(19)22-25-20(27-31-22)16-9-6-10-17(13-16)21(28)26-23(29)30-14-15-7-2-1-3-8-15/h4-6,9-13,15H,1-3,7-8,14H2,(H,26,28,29). The summed E-state index contributed by atoms with van der Waals surface area (Å²) in [7, 11) is 0. The second kappa shape index (κ2) is 9.51. The molecule has 0 spiro atoms. The van der Waals surface area contributed by atoms with Crippen LogP contribution in [-0.4, -0.2) is 28.7 Å². The van der Waals surface area contributed by atoms with Crippen molar-refractivity contribution in [1.82, 2.24) is 15.5 Å². The Morgan fingerprint density at radius 2 is 1.90 bits per heavy atom. The van der Waals surface area contributed by atoms with E-state index in [9.17, 15) is 14.0 Å². The van der Waals surface area contributed by atoms with Gasteiger partial charge in [0.05, 0.1) is 12.2 Å². The predicted molar refractivity (Wildman–Crippen MR) is 111 cm³/mol. The quantitative estimate of drug-likeness (QED) is 0.621. The average Bonchev–Trinajstić information content (AvgIpc) is 3.29. The smallest absolute Gasteiger partial charge is 0.414 e. The molecule has 4 rings (SSSR count). The third kappa shape index (κ3) is 5.14. The Balaban J connectivity index is 1.40. The van der Waals surface area contributed by atoms with Crippen molar-refractivity contribution in [2.45, 2.75) is 32.1 Å². The second-order valence-corrected chi connectivity index (χ2v) is 7.54. The lowest BCUT2D eigenvalue weighted by Crippen LogP contribution is -2.32. The molecule has 31 heavy (non-hydrogen) atoms. The second-order valence-electron chi connectivity index (χ2n) is 7.54. The van der Waals surface area contributed by atoms with E-state index in [1.165, 1.54) is 24.6 Å². The number of aromatic nitrogens is 2. The molecule has 0 unspecified atom stereocenters. The molecule has 8 heteroatoms. The van der Waals surface area contributed by atoms with Crippen molar-refractivity contribution in [3.63, 3.8) is 0 Å². The lowest BCUT2D eigenvalue weighted by molar-refractivity contribution is 0.0882. The molecule has 0 radical (unpaired) electrons. The van der Waals surface area contributed by atoms with Gasteiger partial charge in [-0.05, 0) is 43.0 Å². The number of nitrogens with zero attached hydrogens (tertiary/aromatic N) is 2. The summed E-state index contributed by atoms with van der Waals surface area (Å²) >= 11 is 0. The van der Waals surface area contributed by atoms with Crippen LogP contribution >= 0.6 is 0 Å². The maximum Gasteiger partial charge on any atom is 0.414 e. The molecule has 0 atom stereocenters. The van der Waals surface area contributed by atoms with E-state index < -0.39 is 17.8 Å². The highest BCUT2D eigenvalue weighted by Gasteiger charge is 2.18. The first kappa shape index (κ1) is 20.7. The van der Waals surface area contributed by atoms with Gasteiger partial charge in [0.2, 0.25) is 5.82 Å². The number of ether oxygens (including phenoxy) is 1. The van der Waals surface area contributed by atoms with Crippen molar-refractivity contribution in [2.24, 2.45) is 5.92 Å². The fourth-order valence-electron chi connectivity index (χ4n) is 3.63. The minimum Gasteiger partial charge on any atom is -0.449 e. The molecular weight excluding hydrogens is 401 g/mol. The van der Waals surface area contributed by atoms with Crippen LogP contribution < -0.4 is 5.32 Å². The molecule has 160 valence electrons. The zero-order chi connectivity index (χ0) is 21.6. The highest BCUT2D eigenvalue weighted by Crippen LogP contribution is 2.25. The lowest BCUT2D eigenvalue weighted by atomic mass is 9.90. The molecule has 0 aliphatic heterocycles. The molecule has 1 aromatic heterocycles. The van der Waals surface area contributed by atoms with Crippen molar-refractivity contribution in [3.8, 4) is 22.8 Å². The van der Waals surface area contributed by atoms with Gasteiger partial charge in [-0.3, -0.25) is 10.1 Å². The molecule has 1 heterocycles. The fraction of sp³-hybridized carbons (Fsp3) is 0.304. The molecule has 1 saturated carbocycles. The topological polar surface area (TPSA) is 94.3 Å². The highest BCUT2D eigenvalue weighted by molar-refractivity contribution is 6.03. The summed E-state index contributed by atoms with van der Waals surface area (Å²) in [6.45, 7) is 0.320. The van der Waals surface area contributed by atoms with Gasteiger partial charge >= 0.3 is 6.09 Å². The van der Waals surface area contributed by atoms with Crippen molar-refractivity contribution in [2.75, 3.05) is 6.61 Å². The van der Waals surface area contributed by atoms with Gasteiger partial charge in [-0.2, -0.15) is 4.98 Å². The molecule has 1 aliphatic carbocycles. The van der Waals surface area contributed by atoms with E-state index in [1.807, 2.05) is 0 Å². The Morgan fingerprint density at radius 1 is 1.10 bits per heavy atom. The van der Waals surface area contributed by atoms with Crippen LogP contribution in [0.3, 0.4) is 0 Å². The Bertz CT molecular complexity index is 1080. The van der Waals surface area contributed by atoms with Gasteiger partial charge in [0.1, 0.15) is 5.82 Å². The van der Waals surface area contributed by atoms with Gasteiger partial charge in [0, 0.05) is 11.1 Å². The zero-order valence-corrected chi connectivity index (χ0v) is 16.8. The number of carbonyl (C=O) groups excluding carboxylic acids is 2. The Morgan fingerprint density at radius 3 is 2.71 bits per heavy atom. The SMILES string of the molecule is O=C(NC(=O)c1cccc(-c2noc(-c3ccccc3F)n2)c1)OCC1CCCCC1. The first-order chi connectivity index (χ1) is 15.1. The van der Waals surface area contributed by atoms with Gasteiger partial charge in [-0.25, -0.2) is 9.18 Å². The van der Waals surface area contributed by atoms with Gasteiger partial charge < -0.3 is 9.26 Å². The van der Waals surface area contributed by atoms with Crippen molar-refractivity contribution < 1.29 is 23.2 Å². The van der Waals surface area contributed by atoms with Crippen LogP contribution in [0.1, 0.15) is 42.5 Å². The van der Waals surface area contributed by atoms with Crippen molar-refractivity contribution in [3.05, 3.63) is 59.9 Å². The van der Waals surface area contributed by atoms with Gasteiger partial charge in [-0.1, -0.05) is 48.7 Å². The molecule has 1 aliphatic rings.